The smallest absolute Gasteiger partial charge is 0.303 e. The van der Waals surface area contributed by atoms with Gasteiger partial charge in [0.05, 0.1) is 0 Å². The van der Waals surface area contributed by atoms with Crippen molar-refractivity contribution in [1.82, 2.24) is 9.88 Å². The highest BCUT2D eigenvalue weighted by atomic mass is 16.4. The maximum Gasteiger partial charge on any atom is 0.303 e. The molecular formula is C19H26N2O3. The standard InChI is InChI=1S/C19H26N2O3/c1-14(2)13-21(18(22)8-5-9-19(23)24)11-10-15-12-20-17-7-4-3-6-16(15)17/h3-4,6-7,12,14,20H,5,8-11,13H2,1-2H3,(H,23,24). The fraction of sp³-hybridized carbons (Fsp3) is 0.474. The van der Waals surface area contributed by atoms with E-state index in [1.54, 1.807) is 0 Å². The van der Waals surface area contributed by atoms with Gasteiger partial charge in [0.15, 0.2) is 0 Å². The zero-order chi connectivity index (χ0) is 17.5. The lowest BCUT2D eigenvalue weighted by atomic mass is 10.1. The van der Waals surface area contributed by atoms with Crippen LogP contribution in [0.5, 0.6) is 0 Å². The maximum absolute atomic E-state index is 12.4. The van der Waals surface area contributed by atoms with Crippen molar-refractivity contribution in [3.05, 3.63) is 36.0 Å². The molecule has 0 aliphatic rings. The van der Waals surface area contributed by atoms with E-state index in [1.807, 2.05) is 29.3 Å². The Labute approximate surface area is 142 Å². The summed E-state index contributed by atoms with van der Waals surface area (Å²) >= 11 is 0. The molecule has 5 heteroatoms. The Bertz CT molecular complexity index is 691. The molecule has 1 aromatic carbocycles. The van der Waals surface area contributed by atoms with E-state index in [4.69, 9.17) is 5.11 Å². The van der Waals surface area contributed by atoms with E-state index in [2.05, 4.69) is 24.9 Å². The van der Waals surface area contributed by atoms with Crippen LogP contribution in [0, 0.1) is 5.92 Å². The van der Waals surface area contributed by atoms with Crippen molar-refractivity contribution < 1.29 is 14.7 Å². The second kappa shape index (κ2) is 8.52. The van der Waals surface area contributed by atoms with Gasteiger partial charge in [-0.1, -0.05) is 32.0 Å². The Kier molecular flexibility index (Phi) is 6.41. The third kappa shape index (κ3) is 5.11. The van der Waals surface area contributed by atoms with Crippen molar-refractivity contribution in [2.24, 2.45) is 5.92 Å². The zero-order valence-electron chi connectivity index (χ0n) is 14.4. The van der Waals surface area contributed by atoms with Crippen molar-refractivity contribution in [2.45, 2.75) is 39.5 Å². The molecule has 0 aliphatic carbocycles. The van der Waals surface area contributed by atoms with Gasteiger partial charge in [0.1, 0.15) is 0 Å². The zero-order valence-corrected chi connectivity index (χ0v) is 14.4. The summed E-state index contributed by atoms with van der Waals surface area (Å²) in [5.41, 5.74) is 2.31. The summed E-state index contributed by atoms with van der Waals surface area (Å²) in [4.78, 5) is 28.1. The van der Waals surface area contributed by atoms with E-state index in [0.717, 1.165) is 11.9 Å². The van der Waals surface area contributed by atoms with Crippen molar-refractivity contribution >= 4 is 22.8 Å². The second-order valence-corrected chi connectivity index (χ2v) is 6.59. The number of fused-ring (bicyclic) bond motifs is 1. The highest BCUT2D eigenvalue weighted by Crippen LogP contribution is 2.18. The van der Waals surface area contributed by atoms with E-state index in [9.17, 15) is 9.59 Å². The molecule has 0 fully saturated rings. The van der Waals surface area contributed by atoms with Crippen LogP contribution >= 0.6 is 0 Å². The topological polar surface area (TPSA) is 73.4 Å². The number of benzene rings is 1. The largest absolute Gasteiger partial charge is 0.481 e. The minimum atomic E-state index is -0.850. The van der Waals surface area contributed by atoms with Gasteiger partial charge in [-0.25, -0.2) is 0 Å². The molecule has 0 bridgehead atoms. The van der Waals surface area contributed by atoms with Crippen molar-refractivity contribution in [1.29, 1.82) is 0 Å². The number of nitrogens with zero attached hydrogens (tertiary/aromatic N) is 1. The number of carbonyl (C=O) groups is 2. The Hall–Kier alpha value is -2.30. The number of nitrogens with one attached hydrogen (secondary N) is 1. The first-order chi connectivity index (χ1) is 11.5. The van der Waals surface area contributed by atoms with Crippen molar-refractivity contribution in [3.8, 4) is 0 Å². The average molecular weight is 330 g/mol. The van der Waals surface area contributed by atoms with Crippen LogP contribution in [0.15, 0.2) is 30.5 Å². The highest BCUT2D eigenvalue weighted by molar-refractivity contribution is 5.83. The number of amides is 1. The van der Waals surface area contributed by atoms with E-state index in [0.29, 0.717) is 31.8 Å². The van der Waals surface area contributed by atoms with Gasteiger partial charge in [-0.2, -0.15) is 0 Å². The SMILES string of the molecule is CC(C)CN(CCc1c[nH]c2ccccc12)C(=O)CCCC(=O)O. The fourth-order valence-corrected chi connectivity index (χ4v) is 2.90. The Balaban J connectivity index is 1.97. The van der Waals surface area contributed by atoms with Gasteiger partial charge in [-0.05, 0) is 30.4 Å². The van der Waals surface area contributed by atoms with E-state index >= 15 is 0 Å². The number of rotatable bonds is 9. The van der Waals surface area contributed by atoms with Crippen molar-refractivity contribution in [3.63, 3.8) is 0 Å². The van der Waals surface area contributed by atoms with Gasteiger partial charge in [0, 0.05) is 43.0 Å². The van der Waals surface area contributed by atoms with E-state index < -0.39 is 5.97 Å². The first kappa shape index (κ1) is 18.0. The minimum absolute atomic E-state index is 0.0453. The molecule has 1 heterocycles. The maximum atomic E-state index is 12.4. The lowest BCUT2D eigenvalue weighted by Gasteiger charge is -2.24. The normalized spacial score (nSPS) is 11.1. The third-order valence-electron chi connectivity index (χ3n) is 4.05. The molecule has 0 saturated heterocycles. The third-order valence-corrected chi connectivity index (χ3v) is 4.05. The number of para-hydroxylation sites is 1. The molecule has 1 aromatic heterocycles. The predicted molar refractivity (Wildman–Crippen MR) is 94.9 cm³/mol. The van der Waals surface area contributed by atoms with Gasteiger partial charge >= 0.3 is 5.97 Å². The van der Waals surface area contributed by atoms with Crippen LogP contribution in [-0.4, -0.2) is 40.0 Å². The van der Waals surface area contributed by atoms with E-state index in [1.165, 1.54) is 10.9 Å². The summed E-state index contributed by atoms with van der Waals surface area (Å²) in [6.07, 6.45) is 3.54. The molecule has 0 radical (unpaired) electrons. The van der Waals surface area contributed by atoms with Crippen LogP contribution < -0.4 is 0 Å². The molecule has 0 unspecified atom stereocenters. The van der Waals surface area contributed by atoms with Crippen LogP contribution in [0.2, 0.25) is 0 Å². The highest BCUT2D eigenvalue weighted by Gasteiger charge is 2.16. The number of aliphatic carboxylic acids is 1. The van der Waals surface area contributed by atoms with Gasteiger partial charge in [-0.3, -0.25) is 9.59 Å². The summed E-state index contributed by atoms with van der Waals surface area (Å²) in [7, 11) is 0. The first-order valence-corrected chi connectivity index (χ1v) is 8.52. The summed E-state index contributed by atoms with van der Waals surface area (Å²) in [6.45, 7) is 5.53. The number of aromatic amines is 1. The average Bonchev–Trinajstić information content (AvgIpc) is 2.94. The molecule has 5 nitrogen and oxygen atoms in total. The fourth-order valence-electron chi connectivity index (χ4n) is 2.90. The summed E-state index contributed by atoms with van der Waals surface area (Å²) in [5.74, 6) is -0.418. The summed E-state index contributed by atoms with van der Waals surface area (Å²) in [5, 5.41) is 9.91. The van der Waals surface area contributed by atoms with Crippen LogP contribution in [0.3, 0.4) is 0 Å². The molecule has 2 aromatic rings. The van der Waals surface area contributed by atoms with E-state index in [-0.39, 0.29) is 12.3 Å². The number of hydrogen-bond acceptors (Lipinski definition) is 2. The quantitative estimate of drug-likeness (QED) is 0.739. The second-order valence-electron chi connectivity index (χ2n) is 6.59. The van der Waals surface area contributed by atoms with Gasteiger partial charge < -0.3 is 15.0 Å². The van der Waals surface area contributed by atoms with Crippen LogP contribution in [-0.2, 0) is 16.0 Å². The van der Waals surface area contributed by atoms with Crippen LogP contribution in [0.1, 0.15) is 38.7 Å². The monoisotopic (exact) mass is 330 g/mol. The summed E-state index contributed by atoms with van der Waals surface area (Å²) in [6, 6.07) is 8.15. The van der Waals surface area contributed by atoms with Gasteiger partial charge in [-0.15, -0.1) is 0 Å². The Morgan fingerprint density at radius 1 is 1.21 bits per heavy atom. The molecule has 0 saturated carbocycles. The Morgan fingerprint density at radius 3 is 2.67 bits per heavy atom. The lowest BCUT2D eigenvalue weighted by molar-refractivity contribution is -0.137. The molecule has 130 valence electrons. The van der Waals surface area contributed by atoms with Crippen LogP contribution in [0.4, 0.5) is 0 Å². The Morgan fingerprint density at radius 2 is 1.96 bits per heavy atom. The number of hydrogen-bond donors (Lipinski definition) is 2. The molecular weight excluding hydrogens is 304 g/mol. The minimum Gasteiger partial charge on any atom is -0.481 e. The van der Waals surface area contributed by atoms with Crippen molar-refractivity contribution in [2.75, 3.05) is 13.1 Å². The van der Waals surface area contributed by atoms with Crippen LogP contribution in [0.25, 0.3) is 10.9 Å². The predicted octanol–water partition coefficient (Wildman–Crippen LogP) is 3.45. The molecule has 24 heavy (non-hydrogen) atoms. The lowest BCUT2D eigenvalue weighted by Crippen LogP contribution is -2.35. The summed E-state index contributed by atoms with van der Waals surface area (Å²) < 4.78 is 0. The molecule has 2 rings (SSSR count). The first-order valence-electron chi connectivity index (χ1n) is 8.52. The number of H-pyrrole nitrogens is 1. The molecule has 2 N–H and O–H groups in total. The molecule has 0 spiro atoms. The number of carbonyl (C=O) groups excluding carboxylic acids is 1. The number of carboxylic acids is 1. The molecule has 0 aliphatic heterocycles. The van der Waals surface area contributed by atoms with Gasteiger partial charge in [0.2, 0.25) is 5.91 Å². The molecule has 1 amide bonds. The number of carboxylic acid groups (broad SMARTS) is 1. The number of aromatic nitrogens is 1. The van der Waals surface area contributed by atoms with Gasteiger partial charge in [0.25, 0.3) is 0 Å². The molecule has 0 atom stereocenters.